The summed E-state index contributed by atoms with van der Waals surface area (Å²) in [5.74, 6) is -2.76. The molecule has 0 aliphatic rings. The second-order valence-electron chi connectivity index (χ2n) is 5.18. The Labute approximate surface area is 174 Å². The maximum atomic E-state index is 14.8. The molecule has 1 aromatic heterocycles. The van der Waals surface area contributed by atoms with Crippen LogP contribution >= 0.6 is 34.9 Å². The lowest BCUT2D eigenvalue weighted by Gasteiger charge is -2.25. The topological polar surface area (TPSA) is 98.9 Å². The van der Waals surface area contributed by atoms with Gasteiger partial charge in [0.05, 0.1) is 13.2 Å². The van der Waals surface area contributed by atoms with Crippen LogP contribution in [0, 0.1) is 0 Å². The number of thiophene rings is 1. The van der Waals surface area contributed by atoms with Gasteiger partial charge in [0.25, 0.3) is 0 Å². The Morgan fingerprint density at radius 2 is 1.69 bits per heavy atom. The summed E-state index contributed by atoms with van der Waals surface area (Å²) >= 11 is 3.98. The summed E-state index contributed by atoms with van der Waals surface area (Å²) in [6, 6.07) is 4.85. The van der Waals surface area contributed by atoms with Crippen LogP contribution in [0.15, 0.2) is 22.7 Å². The van der Waals surface area contributed by atoms with Crippen LogP contribution in [-0.4, -0.2) is 30.5 Å². The predicted octanol–water partition coefficient (Wildman–Crippen LogP) is 6.19. The SMILES string of the molecule is CCOP(=O)(OCC)C(F)(F)c1sc2cc(N)ccc2c1Br.O=C(O)C(F)(F)F. The van der Waals surface area contributed by atoms with Gasteiger partial charge in [-0.05, 0) is 41.9 Å². The van der Waals surface area contributed by atoms with Crippen molar-refractivity contribution in [2.24, 2.45) is 0 Å². The Balaban J connectivity index is 0.000000516. The van der Waals surface area contributed by atoms with Gasteiger partial charge in [0, 0.05) is 20.2 Å². The molecule has 0 fully saturated rings. The number of aliphatic carboxylic acids is 1. The van der Waals surface area contributed by atoms with Crippen LogP contribution in [0.5, 0.6) is 0 Å². The molecule has 0 unspecified atom stereocenters. The molecule has 2 aromatic rings. The molecule has 164 valence electrons. The van der Waals surface area contributed by atoms with E-state index in [1.165, 1.54) is 13.8 Å². The third kappa shape index (κ3) is 5.88. The molecule has 0 aliphatic heterocycles. The molecule has 0 spiro atoms. The third-order valence-corrected chi connectivity index (χ3v) is 7.68. The lowest BCUT2D eigenvalue weighted by molar-refractivity contribution is -0.192. The highest BCUT2D eigenvalue weighted by Crippen LogP contribution is 2.69. The number of halogens is 6. The van der Waals surface area contributed by atoms with Gasteiger partial charge in [0.1, 0.15) is 4.88 Å². The van der Waals surface area contributed by atoms with Crippen molar-refractivity contribution < 1.29 is 45.5 Å². The summed E-state index contributed by atoms with van der Waals surface area (Å²) in [5.41, 5.74) is 2.39. The van der Waals surface area contributed by atoms with Crippen LogP contribution in [0.1, 0.15) is 18.7 Å². The lowest BCUT2D eigenvalue weighted by Crippen LogP contribution is -2.21. The minimum atomic E-state index is -5.08. The average molecular weight is 528 g/mol. The smallest absolute Gasteiger partial charge is 0.475 e. The third-order valence-electron chi connectivity index (χ3n) is 3.11. The van der Waals surface area contributed by atoms with Gasteiger partial charge in [0.15, 0.2) is 0 Å². The van der Waals surface area contributed by atoms with Crippen molar-refractivity contribution >= 4 is 56.6 Å². The zero-order valence-electron chi connectivity index (χ0n) is 14.9. The molecule has 14 heteroatoms. The number of carboxylic acid groups (broad SMARTS) is 1. The first-order valence-corrected chi connectivity index (χ1v) is 10.9. The molecule has 29 heavy (non-hydrogen) atoms. The number of nitrogens with two attached hydrogens (primary N) is 1. The van der Waals surface area contributed by atoms with Crippen molar-refractivity contribution in [3.8, 4) is 0 Å². The van der Waals surface area contributed by atoms with Gasteiger partial charge in [0.2, 0.25) is 0 Å². The number of nitrogen functional groups attached to an aromatic ring is 1. The molecule has 2 rings (SSSR count). The molecule has 0 atom stereocenters. The predicted molar refractivity (Wildman–Crippen MR) is 102 cm³/mol. The molecule has 0 bridgehead atoms. The molecular formula is C15H16BrF5NO5PS. The minimum absolute atomic E-state index is 0.137. The molecule has 0 aliphatic carbocycles. The number of anilines is 1. The lowest BCUT2D eigenvalue weighted by atomic mass is 10.2. The van der Waals surface area contributed by atoms with Crippen molar-refractivity contribution in [2.45, 2.75) is 25.7 Å². The Kier molecular flexibility index (Phi) is 8.61. The number of carbonyl (C=O) groups is 1. The highest BCUT2D eigenvalue weighted by molar-refractivity contribution is 9.10. The summed E-state index contributed by atoms with van der Waals surface area (Å²) in [6.07, 6.45) is -5.08. The van der Waals surface area contributed by atoms with Gasteiger partial charge >= 0.3 is 25.4 Å². The molecule has 3 N–H and O–H groups in total. The van der Waals surface area contributed by atoms with Crippen molar-refractivity contribution in [2.75, 3.05) is 18.9 Å². The van der Waals surface area contributed by atoms with Crippen LogP contribution < -0.4 is 5.73 Å². The van der Waals surface area contributed by atoms with Crippen LogP contribution in [-0.2, 0) is 24.1 Å². The summed E-state index contributed by atoms with van der Waals surface area (Å²) in [4.78, 5) is 8.51. The van der Waals surface area contributed by atoms with Crippen LogP contribution in [0.3, 0.4) is 0 Å². The van der Waals surface area contributed by atoms with Gasteiger partial charge in [-0.15, -0.1) is 11.3 Å². The Hall–Kier alpha value is -1.27. The Morgan fingerprint density at radius 1 is 1.21 bits per heavy atom. The van der Waals surface area contributed by atoms with Crippen molar-refractivity contribution in [1.29, 1.82) is 0 Å². The van der Waals surface area contributed by atoms with E-state index >= 15 is 0 Å². The maximum Gasteiger partial charge on any atom is 0.490 e. The van der Waals surface area contributed by atoms with Gasteiger partial charge in [-0.3, -0.25) is 4.57 Å². The fraction of sp³-hybridized carbons (Fsp3) is 0.400. The largest absolute Gasteiger partial charge is 0.490 e. The van der Waals surface area contributed by atoms with Crippen molar-refractivity contribution in [3.05, 3.63) is 27.5 Å². The molecule has 0 saturated heterocycles. The van der Waals surface area contributed by atoms with E-state index in [-0.39, 0.29) is 17.7 Å². The van der Waals surface area contributed by atoms with E-state index in [4.69, 9.17) is 24.7 Å². The quantitative estimate of drug-likeness (QED) is 0.264. The van der Waals surface area contributed by atoms with E-state index in [9.17, 15) is 26.5 Å². The van der Waals surface area contributed by atoms with E-state index < -0.39 is 30.3 Å². The van der Waals surface area contributed by atoms with E-state index in [1.54, 1.807) is 18.2 Å². The normalized spacial score (nSPS) is 12.6. The minimum Gasteiger partial charge on any atom is -0.475 e. The number of benzene rings is 1. The average Bonchev–Trinajstić information content (AvgIpc) is 2.91. The van der Waals surface area contributed by atoms with Crippen LogP contribution in [0.2, 0.25) is 0 Å². The van der Waals surface area contributed by atoms with Crippen molar-refractivity contribution in [1.82, 2.24) is 0 Å². The molecule has 0 saturated carbocycles. The number of hydrogen-bond acceptors (Lipinski definition) is 6. The van der Waals surface area contributed by atoms with Gasteiger partial charge in [-0.25, -0.2) is 4.79 Å². The molecule has 0 amide bonds. The van der Waals surface area contributed by atoms with Gasteiger partial charge < -0.3 is 19.9 Å². The van der Waals surface area contributed by atoms with Crippen molar-refractivity contribution in [3.63, 3.8) is 0 Å². The number of rotatable bonds is 6. The number of hydrogen-bond donors (Lipinski definition) is 2. The second kappa shape index (κ2) is 9.69. The summed E-state index contributed by atoms with van der Waals surface area (Å²) in [7, 11) is -4.62. The van der Waals surface area contributed by atoms with Crippen LogP contribution in [0.25, 0.3) is 10.1 Å². The molecule has 1 aromatic carbocycles. The highest BCUT2D eigenvalue weighted by atomic mass is 79.9. The maximum absolute atomic E-state index is 14.8. The molecule has 6 nitrogen and oxygen atoms in total. The monoisotopic (exact) mass is 527 g/mol. The zero-order valence-corrected chi connectivity index (χ0v) is 18.2. The molecular weight excluding hydrogens is 512 g/mol. The first kappa shape index (κ1) is 25.8. The standard InChI is InChI=1S/C13H15BrF2NO3PS.C2HF3O2/c1-3-19-21(18,20-4-2)13(15,16)12-11(14)9-6-5-8(17)7-10(9)22-12;3-2(4,5)1(6)7/h5-7H,3-4,17H2,1-2H3;(H,6,7). The van der Waals surface area contributed by atoms with Gasteiger partial charge in [-0.1, -0.05) is 6.07 Å². The van der Waals surface area contributed by atoms with Crippen LogP contribution in [0.4, 0.5) is 27.6 Å². The number of carboxylic acids is 1. The van der Waals surface area contributed by atoms with E-state index in [1.807, 2.05) is 0 Å². The zero-order chi connectivity index (χ0) is 22.6. The molecule has 0 radical (unpaired) electrons. The van der Waals surface area contributed by atoms with E-state index in [2.05, 4.69) is 15.9 Å². The number of fused-ring (bicyclic) bond motifs is 1. The summed E-state index contributed by atoms with van der Waals surface area (Å²) in [5, 5.41) is 7.70. The summed E-state index contributed by atoms with van der Waals surface area (Å²) < 4.78 is 84.2. The van der Waals surface area contributed by atoms with Gasteiger partial charge in [-0.2, -0.15) is 22.0 Å². The first-order chi connectivity index (χ1) is 13.2. The number of alkyl halides is 5. The fourth-order valence-corrected chi connectivity index (χ4v) is 5.99. The summed E-state index contributed by atoms with van der Waals surface area (Å²) in [6.45, 7) is 2.70. The fourth-order valence-electron chi connectivity index (χ4n) is 1.94. The molecule has 1 heterocycles. The Morgan fingerprint density at radius 3 is 2.10 bits per heavy atom. The first-order valence-electron chi connectivity index (χ1n) is 7.76. The Bertz CT molecular complexity index is 910. The second-order valence-corrected chi connectivity index (χ2v) is 9.10. The highest BCUT2D eigenvalue weighted by Gasteiger charge is 2.57. The van der Waals surface area contributed by atoms with E-state index in [0.717, 1.165) is 11.3 Å². The van der Waals surface area contributed by atoms with E-state index in [0.29, 0.717) is 15.8 Å².